The quantitative estimate of drug-likeness (QED) is 0.822. The predicted molar refractivity (Wildman–Crippen MR) is 85.3 cm³/mol. The smallest absolute Gasteiger partial charge is 0.119 e. The third kappa shape index (κ3) is 4.06. The van der Waals surface area contributed by atoms with Gasteiger partial charge in [0.2, 0.25) is 0 Å². The first-order valence-electron chi connectivity index (χ1n) is 7.35. The number of hydrogen-bond acceptors (Lipinski definition) is 3. The molecule has 3 nitrogen and oxygen atoms in total. The summed E-state index contributed by atoms with van der Waals surface area (Å²) in [5.41, 5.74) is 7.55. The Morgan fingerprint density at radius 2 is 1.71 bits per heavy atom. The van der Waals surface area contributed by atoms with E-state index in [1.165, 1.54) is 5.56 Å². The Balaban J connectivity index is 2.03. The zero-order valence-corrected chi connectivity index (χ0v) is 12.5. The molecule has 2 aromatic carbocycles. The van der Waals surface area contributed by atoms with Crippen molar-refractivity contribution in [3.8, 4) is 5.75 Å². The minimum absolute atomic E-state index is 0.162. The van der Waals surface area contributed by atoms with Crippen LogP contribution >= 0.6 is 0 Å². The number of aryl methyl sites for hydroxylation is 1. The molecule has 0 bridgehead atoms. The van der Waals surface area contributed by atoms with E-state index < -0.39 is 5.54 Å². The lowest BCUT2D eigenvalue weighted by molar-refractivity contribution is 0.133. The zero-order chi connectivity index (χ0) is 15.1. The monoisotopic (exact) mass is 285 g/mol. The summed E-state index contributed by atoms with van der Waals surface area (Å²) in [7, 11) is 0. The molecule has 0 spiro atoms. The summed E-state index contributed by atoms with van der Waals surface area (Å²) in [6.07, 6.45) is 2.20. The van der Waals surface area contributed by atoms with Gasteiger partial charge in [0.15, 0.2) is 0 Å². The van der Waals surface area contributed by atoms with Gasteiger partial charge < -0.3 is 15.6 Å². The summed E-state index contributed by atoms with van der Waals surface area (Å²) in [5, 5.41) is 9.63. The third-order valence-electron chi connectivity index (χ3n) is 3.59. The molecule has 0 aromatic heterocycles. The molecule has 0 heterocycles. The number of nitrogens with two attached hydrogens (primary N) is 1. The van der Waals surface area contributed by atoms with Gasteiger partial charge in [-0.3, -0.25) is 0 Å². The van der Waals surface area contributed by atoms with E-state index in [4.69, 9.17) is 10.5 Å². The van der Waals surface area contributed by atoms with E-state index in [9.17, 15) is 5.11 Å². The van der Waals surface area contributed by atoms with Gasteiger partial charge in [-0.25, -0.2) is 0 Å². The maximum absolute atomic E-state index is 9.63. The van der Waals surface area contributed by atoms with Crippen LogP contribution in [0.5, 0.6) is 5.75 Å². The molecule has 0 saturated carbocycles. The highest BCUT2D eigenvalue weighted by Gasteiger charge is 2.27. The fourth-order valence-electron chi connectivity index (χ4n) is 2.24. The highest BCUT2D eigenvalue weighted by Crippen LogP contribution is 2.20. The van der Waals surface area contributed by atoms with Crippen molar-refractivity contribution in [3.05, 3.63) is 65.7 Å². The van der Waals surface area contributed by atoms with Crippen LogP contribution in [0.4, 0.5) is 0 Å². The molecule has 2 aromatic rings. The number of hydrogen-bond donors (Lipinski definition) is 2. The number of benzene rings is 2. The minimum atomic E-state index is -0.886. The van der Waals surface area contributed by atoms with Gasteiger partial charge in [-0.15, -0.1) is 0 Å². The highest BCUT2D eigenvalue weighted by atomic mass is 16.5. The average Bonchev–Trinajstić information content (AvgIpc) is 2.55. The summed E-state index contributed by atoms with van der Waals surface area (Å²) in [6.45, 7) is 2.24. The minimum Gasteiger partial charge on any atom is -0.491 e. The summed E-state index contributed by atoms with van der Waals surface area (Å²) < 4.78 is 5.76. The van der Waals surface area contributed by atoms with Crippen LogP contribution < -0.4 is 10.5 Å². The van der Waals surface area contributed by atoms with Crippen molar-refractivity contribution < 1.29 is 9.84 Å². The largest absolute Gasteiger partial charge is 0.491 e. The second-order valence-corrected chi connectivity index (χ2v) is 5.36. The molecule has 21 heavy (non-hydrogen) atoms. The van der Waals surface area contributed by atoms with Crippen molar-refractivity contribution in [2.75, 3.05) is 13.2 Å². The lowest BCUT2D eigenvalue weighted by Crippen LogP contribution is -2.46. The molecule has 112 valence electrons. The summed E-state index contributed by atoms with van der Waals surface area (Å²) >= 11 is 0. The van der Waals surface area contributed by atoms with Crippen molar-refractivity contribution in [3.63, 3.8) is 0 Å². The van der Waals surface area contributed by atoms with Crippen molar-refractivity contribution in [1.29, 1.82) is 0 Å². The molecule has 0 aliphatic heterocycles. The van der Waals surface area contributed by atoms with Crippen molar-refractivity contribution >= 4 is 0 Å². The lowest BCUT2D eigenvalue weighted by atomic mass is 9.93. The first-order valence-corrected chi connectivity index (χ1v) is 7.35. The molecule has 0 aliphatic rings. The Kier molecular flexibility index (Phi) is 5.37. The van der Waals surface area contributed by atoms with E-state index in [0.717, 1.165) is 24.2 Å². The Labute approximate surface area is 126 Å². The van der Waals surface area contributed by atoms with Gasteiger partial charge in [0.1, 0.15) is 12.4 Å². The first kappa shape index (κ1) is 15.5. The van der Waals surface area contributed by atoms with E-state index in [0.29, 0.717) is 0 Å². The molecular formula is C18H23NO2. The van der Waals surface area contributed by atoms with Gasteiger partial charge in [0.25, 0.3) is 0 Å². The van der Waals surface area contributed by atoms with Crippen LogP contribution in [0, 0.1) is 0 Å². The maximum Gasteiger partial charge on any atom is 0.119 e. The molecule has 0 aliphatic carbocycles. The van der Waals surface area contributed by atoms with Crippen molar-refractivity contribution in [2.45, 2.75) is 25.3 Å². The van der Waals surface area contributed by atoms with Crippen LogP contribution in [0.2, 0.25) is 0 Å². The molecule has 0 fully saturated rings. The fraction of sp³-hybridized carbons (Fsp3) is 0.333. The van der Waals surface area contributed by atoms with Crippen molar-refractivity contribution in [2.24, 2.45) is 5.73 Å². The third-order valence-corrected chi connectivity index (χ3v) is 3.59. The maximum atomic E-state index is 9.63. The van der Waals surface area contributed by atoms with Crippen LogP contribution in [-0.2, 0) is 12.0 Å². The Morgan fingerprint density at radius 1 is 1.05 bits per heavy atom. The number of rotatable bonds is 7. The van der Waals surface area contributed by atoms with Gasteiger partial charge in [-0.2, -0.15) is 0 Å². The molecule has 1 unspecified atom stereocenters. The van der Waals surface area contributed by atoms with E-state index >= 15 is 0 Å². The van der Waals surface area contributed by atoms with Crippen molar-refractivity contribution in [1.82, 2.24) is 0 Å². The number of aliphatic hydroxyl groups excluding tert-OH is 1. The topological polar surface area (TPSA) is 55.5 Å². The normalized spacial score (nSPS) is 13.7. The van der Waals surface area contributed by atoms with Crippen LogP contribution in [0.25, 0.3) is 0 Å². The molecule has 2 rings (SSSR count). The lowest BCUT2D eigenvalue weighted by Gasteiger charge is -2.27. The van der Waals surface area contributed by atoms with Gasteiger partial charge in [0.05, 0.1) is 12.1 Å². The van der Waals surface area contributed by atoms with E-state index in [1.807, 2.05) is 42.5 Å². The van der Waals surface area contributed by atoms with Crippen LogP contribution in [0.15, 0.2) is 54.6 Å². The zero-order valence-electron chi connectivity index (χ0n) is 12.5. The van der Waals surface area contributed by atoms with Gasteiger partial charge >= 0.3 is 0 Å². The molecule has 3 heteroatoms. The fourth-order valence-corrected chi connectivity index (χ4v) is 2.24. The highest BCUT2D eigenvalue weighted by molar-refractivity contribution is 5.29. The Bertz CT molecular complexity index is 539. The first-order chi connectivity index (χ1) is 10.2. The molecule has 1 atom stereocenters. The van der Waals surface area contributed by atoms with E-state index in [-0.39, 0.29) is 13.2 Å². The standard InChI is InChI=1S/C18H23NO2/c1-2-6-15-9-11-17(12-10-15)21-14-18(19,13-20)16-7-4-3-5-8-16/h3-5,7-12,20H,2,6,13-14,19H2,1H3. The molecule has 0 saturated heterocycles. The predicted octanol–water partition coefficient (Wildman–Crippen LogP) is 2.86. The van der Waals surface area contributed by atoms with Gasteiger partial charge in [0, 0.05) is 0 Å². The Morgan fingerprint density at radius 3 is 2.29 bits per heavy atom. The summed E-state index contributed by atoms with van der Waals surface area (Å²) in [5.74, 6) is 0.772. The summed E-state index contributed by atoms with van der Waals surface area (Å²) in [6, 6.07) is 17.6. The van der Waals surface area contributed by atoms with Gasteiger partial charge in [-0.1, -0.05) is 55.8 Å². The van der Waals surface area contributed by atoms with E-state index in [1.54, 1.807) is 0 Å². The number of aliphatic hydroxyl groups is 1. The van der Waals surface area contributed by atoms with Gasteiger partial charge in [-0.05, 0) is 29.7 Å². The van der Waals surface area contributed by atoms with Crippen LogP contribution in [-0.4, -0.2) is 18.3 Å². The SMILES string of the molecule is CCCc1ccc(OCC(N)(CO)c2ccccc2)cc1. The summed E-state index contributed by atoms with van der Waals surface area (Å²) in [4.78, 5) is 0. The van der Waals surface area contributed by atoms with E-state index in [2.05, 4.69) is 19.1 Å². The number of ether oxygens (including phenoxy) is 1. The van der Waals surface area contributed by atoms with Crippen LogP contribution in [0.1, 0.15) is 24.5 Å². The second kappa shape index (κ2) is 7.25. The average molecular weight is 285 g/mol. The molecular weight excluding hydrogens is 262 g/mol. The second-order valence-electron chi connectivity index (χ2n) is 5.36. The molecule has 0 amide bonds. The van der Waals surface area contributed by atoms with Crippen LogP contribution in [0.3, 0.4) is 0 Å². The Hall–Kier alpha value is -1.84. The molecule has 0 radical (unpaired) electrons. The molecule has 3 N–H and O–H groups in total.